The van der Waals surface area contributed by atoms with Crippen LogP contribution >= 0.6 is 0 Å². The van der Waals surface area contributed by atoms with Crippen LogP contribution in [0.2, 0.25) is 0 Å². The first-order valence-corrected chi connectivity index (χ1v) is 8.57. The highest BCUT2D eigenvalue weighted by atomic mass is 16.5. The van der Waals surface area contributed by atoms with Gasteiger partial charge in [0.15, 0.2) is 0 Å². The highest BCUT2D eigenvalue weighted by Gasteiger charge is 2.14. The molecular formula is C19H25N3O2. The van der Waals surface area contributed by atoms with Crippen LogP contribution in [0.5, 0.6) is 0 Å². The van der Waals surface area contributed by atoms with Crippen LogP contribution in [0.1, 0.15) is 25.8 Å². The molecule has 1 aliphatic rings. The summed E-state index contributed by atoms with van der Waals surface area (Å²) in [7, 11) is 0. The van der Waals surface area contributed by atoms with Gasteiger partial charge in [0.25, 0.3) is 0 Å². The summed E-state index contributed by atoms with van der Waals surface area (Å²) in [5.41, 5.74) is 2.96. The zero-order chi connectivity index (χ0) is 17.1. The van der Waals surface area contributed by atoms with Crippen LogP contribution in [0.25, 0.3) is 10.9 Å². The van der Waals surface area contributed by atoms with Gasteiger partial charge >= 0.3 is 0 Å². The van der Waals surface area contributed by atoms with Crippen molar-refractivity contribution < 1.29 is 9.53 Å². The maximum atomic E-state index is 12.0. The summed E-state index contributed by atoms with van der Waals surface area (Å²) in [4.78, 5) is 19.0. The van der Waals surface area contributed by atoms with Gasteiger partial charge in [-0.05, 0) is 42.7 Å². The Morgan fingerprint density at radius 1 is 1.29 bits per heavy atom. The first kappa shape index (κ1) is 16.7. The van der Waals surface area contributed by atoms with E-state index in [-0.39, 0.29) is 5.91 Å². The Hall–Kier alpha value is -2.14. The van der Waals surface area contributed by atoms with Crippen LogP contribution in [-0.4, -0.2) is 37.2 Å². The predicted molar refractivity (Wildman–Crippen MR) is 97.6 cm³/mol. The molecule has 5 nitrogen and oxygen atoms in total. The monoisotopic (exact) mass is 327 g/mol. The first-order valence-electron chi connectivity index (χ1n) is 8.57. The first-order chi connectivity index (χ1) is 11.5. The molecule has 0 unspecified atom stereocenters. The molecule has 0 atom stereocenters. The molecule has 1 aliphatic heterocycles. The molecule has 1 aromatic carbocycles. The predicted octanol–water partition coefficient (Wildman–Crippen LogP) is 3.36. The molecule has 0 bridgehead atoms. The zero-order valence-electron chi connectivity index (χ0n) is 14.6. The number of rotatable bonds is 4. The molecule has 0 radical (unpaired) electrons. The number of anilines is 2. The Balaban J connectivity index is 1.85. The van der Waals surface area contributed by atoms with E-state index in [1.165, 1.54) is 5.56 Å². The number of nitrogens with one attached hydrogen (secondary N) is 1. The van der Waals surface area contributed by atoms with Gasteiger partial charge in [0.05, 0.1) is 18.7 Å². The van der Waals surface area contributed by atoms with Gasteiger partial charge in [-0.25, -0.2) is 4.98 Å². The lowest BCUT2D eigenvalue weighted by Gasteiger charge is -2.28. The molecule has 3 rings (SSSR count). The number of amides is 1. The van der Waals surface area contributed by atoms with Crippen molar-refractivity contribution in [3.8, 4) is 0 Å². The van der Waals surface area contributed by atoms with Gasteiger partial charge < -0.3 is 15.0 Å². The number of pyridine rings is 1. The molecule has 0 aliphatic carbocycles. The maximum absolute atomic E-state index is 12.0. The number of fused-ring (bicyclic) bond motifs is 1. The maximum Gasteiger partial charge on any atom is 0.224 e. The van der Waals surface area contributed by atoms with Gasteiger partial charge in [0, 0.05) is 30.6 Å². The summed E-state index contributed by atoms with van der Waals surface area (Å²) in [6, 6.07) is 8.04. The van der Waals surface area contributed by atoms with Crippen molar-refractivity contribution in [2.75, 3.05) is 36.5 Å². The number of hydrogen-bond donors (Lipinski definition) is 1. The number of morpholine rings is 1. The molecule has 128 valence electrons. The number of hydrogen-bond acceptors (Lipinski definition) is 4. The number of carbonyl (C=O) groups excluding carboxylic acids is 1. The summed E-state index contributed by atoms with van der Waals surface area (Å²) < 4.78 is 5.41. The number of nitrogens with zero attached hydrogens (tertiary/aromatic N) is 2. The van der Waals surface area contributed by atoms with E-state index < -0.39 is 0 Å². The van der Waals surface area contributed by atoms with E-state index in [1.807, 2.05) is 32.0 Å². The largest absolute Gasteiger partial charge is 0.378 e. The third-order valence-electron chi connectivity index (χ3n) is 4.21. The van der Waals surface area contributed by atoms with Gasteiger partial charge in [0.2, 0.25) is 5.91 Å². The molecular weight excluding hydrogens is 302 g/mol. The number of aryl methyl sites for hydroxylation is 1. The second-order valence-electron chi connectivity index (χ2n) is 6.77. The average Bonchev–Trinajstić information content (AvgIpc) is 2.55. The normalized spacial score (nSPS) is 15.1. The molecule has 2 aromatic rings. The van der Waals surface area contributed by atoms with Crippen LogP contribution in [0.3, 0.4) is 0 Å². The topological polar surface area (TPSA) is 54.5 Å². The fraction of sp³-hybridized carbons (Fsp3) is 0.474. The number of ether oxygens (including phenoxy) is 1. The summed E-state index contributed by atoms with van der Waals surface area (Å²) >= 11 is 0. The highest BCUT2D eigenvalue weighted by Crippen LogP contribution is 2.26. The van der Waals surface area contributed by atoms with E-state index in [0.717, 1.165) is 48.7 Å². The van der Waals surface area contributed by atoms with E-state index in [1.54, 1.807) is 0 Å². The molecule has 0 saturated carbocycles. The molecule has 1 aromatic heterocycles. The molecule has 1 saturated heterocycles. The number of benzene rings is 1. The fourth-order valence-electron chi connectivity index (χ4n) is 2.99. The van der Waals surface area contributed by atoms with Crippen LogP contribution in [0, 0.1) is 12.8 Å². The van der Waals surface area contributed by atoms with Gasteiger partial charge in [-0.1, -0.05) is 13.8 Å². The Bertz CT molecular complexity index is 737. The number of carbonyl (C=O) groups is 1. The minimum Gasteiger partial charge on any atom is -0.378 e. The van der Waals surface area contributed by atoms with E-state index in [4.69, 9.17) is 9.72 Å². The number of aromatic nitrogens is 1. The van der Waals surface area contributed by atoms with Crippen LogP contribution in [0.4, 0.5) is 11.5 Å². The van der Waals surface area contributed by atoms with Crippen molar-refractivity contribution in [3.63, 3.8) is 0 Å². The lowest BCUT2D eigenvalue weighted by molar-refractivity contribution is -0.116. The molecule has 2 heterocycles. The van der Waals surface area contributed by atoms with Crippen molar-refractivity contribution in [3.05, 3.63) is 29.8 Å². The SMILES string of the molecule is Cc1cc(N2CCOCC2)nc2ccc(NC(=O)CC(C)C)cc12. The van der Waals surface area contributed by atoms with Crippen LogP contribution in [-0.2, 0) is 9.53 Å². The smallest absolute Gasteiger partial charge is 0.224 e. The van der Waals surface area contributed by atoms with E-state index in [9.17, 15) is 4.79 Å². The lowest BCUT2D eigenvalue weighted by Crippen LogP contribution is -2.36. The van der Waals surface area contributed by atoms with Crippen molar-refractivity contribution in [1.82, 2.24) is 4.98 Å². The third kappa shape index (κ3) is 3.85. The lowest BCUT2D eigenvalue weighted by atomic mass is 10.1. The van der Waals surface area contributed by atoms with E-state index >= 15 is 0 Å². The van der Waals surface area contributed by atoms with Crippen LogP contribution < -0.4 is 10.2 Å². The second kappa shape index (κ2) is 7.18. The second-order valence-corrected chi connectivity index (χ2v) is 6.77. The van der Waals surface area contributed by atoms with Gasteiger partial charge in [-0.2, -0.15) is 0 Å². The summed E-state index contributed by atoms with van der Waals surface area (Å²) in [6.07, 6.45) is 0.533. The minimum absolute atomic E-state index is 0.0555. The third-order valence-corrected chi connectivity index (χ3v) is 4.21. The molecule has 1 fully saturated rings. The summed E-state index contributed by atoms with van der Waals surface area (Å²) in [6.45, 7) is 9.43. The Morgan fingerprint density at radius 3 is 2.75 bits per heavy atom. The highest BCUT2D eigenvalue weighted by molar-refractivity contribution is 5.94. The minimum atomic E-state index is 0.0555. The zero-order valence-corrected chi connectivity index (χ0v) is 14.6. The molecule has 1 amide bonds. The molecule has 5 heteroatoms. The van der Waals surface area contributed by atoms with Gasteiger partial charge in [-0.15, -0.1) is 0 Å². The molecule has 1 N–H and O–H groups in total. The van der Waals surface area contributed by atoms with Crippen molar-refractivity contribution in [2.24, 2.45) is 5.92 Å². The summed E-state index contributed by atoms with van der Waals surface area (Å²) in [5.74, 6) is 1.41. The molecule has 0 spiro atoms. The van der Waals surface area contributed by atoms with E-state index in [0.29, 0.717) is 12.3 Å². The van der Waals surface area contributed by atoms with Crippen LogP contribution in [0.15, 0.2) is 24.3 Å². The Kier molecular flexibility index (Phi) is 5.00. The van der Waals surface area contributed by atoms with Gasteiger partial charge in [-0.3, -0.25) is 4.79 Å². The van der Waals surface area contributed by atoms with Crippen molar-refractivity contribution in [1.29, 1.82) is 0 Å². The standard InChI is InChI=1S/C19H25N3O2/c1-13(2)10-19(23)20-15-4-5-17-16(12-15)14(3)11-18(21-17)22-6-8-24-9-7-22/h4-5,11-13H,6-10H2,1-3H3,(H,20,23). The van der Waals surface area contributed by atoms with Gasteiger partial charge in [0.1, 0.15) is 5.82 Å². The van der Waals surface area contributed by atoms with E-state index in [2.05, 4.69) is 23.2 Å². The van der Waals surface area contributed by atoms with Crippen molar-refractivity contribution in [2.45, 2.75) is 27.2 Å². The van der Waals surface area contributed by atoms with Crippen molar-refractivity contribution >= 4 is 28.3 Å². The Labute approximate surface area is 143 Å². The summed E-state index contributed by atoms with van der Waals surface area (Å²) in [5, 5.41) is 4.06. The Morgan fingerprint density at radius 2 is 2.04 bits per heavy atom. The fourth-order valence-corrected chi connectivity index (χ4v) is 2.99. The average molecular weight is 327 g/mol. The molecule has 24 heavy (non-hydrogen) atoms. The quantitative estimate of drug-likeness (QED) is 0.935.